The van der Waals surface area contributed by atoms with Crippen LogP contribution in [0.25, 0.3) is 0 Å². The normalized spacial score (nSPS) is 32.5. The molecule has 1 N–H and O–H groups in total. The number of rotatable bonds is 2. The molecule has 1 aliphatic heterocycles. The molecule has 0 unspecified atom stereocenters. The lowest BCUT2D eigenvalue weighted by atomic mass is 9.95. The Morgan fingerprint density at radius 3 is 2.42 bits per heavy atom. The van der Waals surface area contributed by atoms with Gasteiger partial charge in [0.2, 0.25) is 0 Å². The molecular weight excluding hydrogens is 166 g/mol. The molecule has 0 radical (unpaired) electrons. The molecule has 2 aliphatic rings. The average Bonchev–Trinajstić information content (AvgIpc) is 2.59. The first kappa shape index (κ1) is 8.89. The van der Waals surface area contributed by atoms with E-state index in [-0.39, 0.29) is 0 Å². The van der Waals surface area contributed by atoms with Gasteiger partial charge in [0, 0.05) is 17.8 Å². The third-order valence-electron chi connectivity index (χ3n) is 3.01. The Kier molecular flexibility index (Phi) is 3.35. The van der Waals surface area contributed by atoms with E-state index in [1.807, 2.05) is 0 Å². The van der Waals surface area contributed by atoms with Crippen LogP contribution in [0.2, 0.25) is 0 Å². The molecule has 1 atom stereocenters. The first-order chi connectivity index (χ1) is 5.95. The maximum atomic E-state index is 3.80. The Balaban J connectivity index is 1.69. The molecule has 70 valence electrons. The van der Waals surface area contributed by atoms with Gasteiger partial charge in [-0.1, -0.05) is 19.3 Å². The van der Waals surface area contributed by atoms with E-state index < -0.39 is 0 Å². The van der Waals surface area contributed by atoms with Crippen LogP contribution in [-0.2, 0) is 0 Å². The number of hydrogen-bond acceptors (Lipinski definition) is 2. The van der Waals surface area contributed by atoms with Gasteiger partial charge in [0.15, 0.2) is 0 Å². The van der Waals surface area contributed by atoms with Crippen molar-refractivity contribution < 1.29 is 0 Å². The Labute approximate surface area is 79.7 Å². The van der Waals surface area contributed by atoms with Crippen molar-refractivity contribution in [3.63, 3.8) is 0 Å². The molecule has 1 aliphatic carbocycles. The predicted molar refractivity (Wildman–Crippen MR) is 55.7 cm³/mol. The van der Waals surface area contributed by atoms with Crippen molar-refractivity contribution in [3.8, 4) is 0 Å². The van der Waals surface area contributed by atoms with Crippen LogP contribution in [0, 0.1) is 0 Å². The number of hydrogen-bond donors (Lipinski definition) is 1. The van der Waals surface area contributed by atoms with Gasteiger partial charge in [-0.2, -0.15) is 11.8 Å². The van der Waals surface area contributed by atoms with Gasteiger partial charge >= 0.3 is 0 Å². The SMILES string of the molecule is C1CCC(N[C@@H]2CCSC2)CC1. The third-order valence-corrected chi connectivity index (χ3v) is 4.17. The summed E-state index contributed by atoms with van der Waals surface area (Å²) in [6, 6.07) is 1.71. The van der Waals surface area contributed by atoms with E-state index in [1.165, 1.54) is 50.0 Å². The van der Waals surface area contributed by atoms with Gasteiger partial charge in [0.25, 0.3) is 0 Å². The zero-order chi connectivity index (χ0) is 8.23. The fourth-order valence-electron chi connectivity index (χ4n) is 2.27. The summed E-state index contributed by atoms with van der Waals surface area (Å²) >= 11 is 2.11. The summed E-state index contributed by atoms with van der Waals surface area (Å²) in [5.74, 6) is 2.74. The molecule has 0 aromatic carbocycles. The van der Waals surface area contributed by atoms with Crippen molar-refractivity contribution in [2.45, 2.75) is 50.6 Å². The second-order valence-corrected chi connectivity index (χ2v) is 5.21. The van der Waals surface area contributed by atoms with E-state index >= 15 is 0 Å². The first-order valence-electron chi connectivity index (χ1n) is 5.29. The smallest absolute Gasteiger partial charge is 0.0168 e. The van der Waals surface area contributed by atoms with Crippen LogP contribution >= 0.6 is 11.8 Å². The Bertz CT molecular complexity index is 126. The Morgan fingerprint density at radius 1 is 0.917 bits per heavy atom. The van der Waals surface area contributed by atoms with Crippen molar-refractivity contribution >= 4 is 11.8 Å². The van der Waals surface area contributed by atoms with Gasteiger partial charge in [0.1, 0.15) is 0 Å². The van der Waals surface area contributed by atoms with Crippen LogP contribution < -0.4 is 5.32 Å². The molecule has 1 saturated carbocycles. The highest BCUT2D eigenvalue weighted by Gasteiger charge is 2.20. The molecule has 0 spiro atoms. The van der Waals surface area contributed by atoms with Crippen molar-refractivity contribution in [1.82, 2.24) is 5.32 Å². The largest absolute Gasteiger partial charge is 0.310 e. The van der Waals surface area contributed by atoms with E-state index in [0.29, 0.717) is 0 Å². The summed E-state index contributed by atoms with van der Waals surface area (Å²) in [6.45, 7) is 0. The maximum Gasteiger partial charge on any atom is 0.0168 e. The highest BCUT2D eigenvalue weighted by atomic mass is 32.2. The molecular formula is C10H19NS. The quantitative estimate of drug-likeness (QED) is 0.709. The second kappa shape index (κ2) is 4.52. The maximum absolute atomic E-state index is 3.80. The minimum atomic E-state index is 0.845. The van der Waals surface area contributed by atoms with Gasteiger partial charge in [-0.05, 0) is 25.0 Å². The first-order valence-corrected chi connectivity index (χ1v) is 6.44. The van der Waals surface area contributed by atoms with Crippen molar-refractivity contribution in [2.24, 2.45) is 0 Å². The molecule has 1 heterocycles. The van der Waals surface area contributed by atoms with Gasteiger partial charge in [-0.15, -0.1) is 0 Å². The molecule has 0 amide bonds. The van der Waals surface area contributed by atoms with E-state index in [4.69, 9.17) is 0 Å². The zero-order valence-corrected chi connectivity index (χ0v) is 8.54. The summed E-state index contributed by atoms with van der Waals surface area (Å²) < 4.78 is 0. The van der Waals surface area contributed by atoms with Crippen LogP contribution in [0.5, 0.6) is 0 Å². The topological polar surface area (TPSA) is 12.0 Å². The predicted octanol–water partition coefficient (Wildman–Crippen LogP) is 2.41. The molecule has 0 bridgehead atoms. The number of thioether (sulfide) groups is 1. The number of nitrogens with one attached hydrogen (secondary N) is 1. The van der Waals surface area contributed by atoms with E-state index in [9.17, 15) is 0 Å². The monoisotopic (exact) mass is 185 g/mol. The molecule has 0 aromatic heterocycles. The van der Waals surface area contributed by atoms with Gasteiger partial charge in [-0.25, -0.2) is 0 Å². The van der Waals surface area contributed by atoms with Crippen LogP contribution in [0.1, 0.15) is 38.5 Å². The molecule has 2 fully saturated rings. The Hall–Kier alpha value is 0.310. The van der Waals surface area contributed by atoms with Gasteiger partial charge in [-0.3, -0.25) is 0 Å². The second-order valence-electron chi connectivity index (χ2n) is 4.06. The summed E-state index contributed by atoms with van der Waals surface area (Å²) in [5.41, 5.74) is 0. The van der Waals surface area contributed by atoms with Crippen LogP contribution in [0.4, 0.5) is 0 Å². The lowest BCUT2D eigenvalue weighted by molar-refractivity contribution is 0.346. The molecule has 1 saturated heterocycles. The molecule has 12 heavy (non-hydrogen) atoms. The fourth-order valence-corrected chi connectivity index (χ4v) is 3.43. The highest BCUT2D eigenvalue weighted by Crippen LogP contribution is 2.22. The van der Waals surface area contributed by atoms with Crippen molar-refractivity contribution in [1.29, 1.82) is 0 Å². The summed E-state index contributed by atoms with van der Waals surface area (Å²) in [4.78, 5) is 0. The minimum Gasteiger partial charge on any atom is -0.310 e. The Morgan fingerprint density at radius 2 is 1.75 bits per heavy atom. The molecule has 2 heteroatoms. The summed E-state index contributed by atoms with van der Waals surface area (Å²) in [7, 11) is 0. The summed E-state index contributed by atoms with van der Waals surface area (Å²) in [6.07, 6.45) is 8.65. The van der Waals surface area contributed by atoms with Crippen LogP contribution in [-0.4, -0.2) is 23.6 Å². The lowest BCUT2D eigenvalue weighted by Gasteiger charge is -2.25. The average molecular weight is 185 g/mol. The molecule has 0 aromatic rings. The van der Waals surface area contributed by atoms with Crippen LogP contribution in [0.3, 0.4) is 0 Å². The van der Waals surface area contributed by atoms with Gasteiger partial charge in [0.05, 0.1) is 0 Å². The standard InChI is InChI=1S/C10H19NS/c1-2-4-9(5-3-1)11-10-6-7-12-8-10/h9-11H,1-8H2/t10-/m1/s1. The zero-order valence-electron chi connectivity index (χ0n) is 7.72. The highest BCUT2D eigenvalue weighted by molar-refractivity contribution is 7.99. The lowest BCUT2D eigenvalue weighted by Crippen LogP contribution is -2.39. The molecule has 1 nitrogen and oxygen atoms in total. The van der Waals surface area contributed by atoms with E-state index in [0.717, 1.165) is 12.1 Å². The van der Waals surface area contributed by atoms with E-state index in [1.54, 1.807) is 0 Å². The van der Waals surface area contributed by atoms with E-state index in [2.05, 4.69) is 17.1 Å². The van der Waals surface area contributed by atoms with Crippen LogP contribution in [0.15, 0.2) is 0 Å². The fraction of sp³-hybridized carbons (Fsp3) is 1.00. The minimum absolute atomic E-state index is 0.845. The summed E-state index contributed by atoms with van der Waals surface area (Å²) in [5, 5.41) is 3.80. The third kappa shape index (κ3) is 2.40. The van der Waals surface area contributed by atoms with Crippen molar-refractivity contribution in [3.05, 3.63) is 0 Å². The van der Waals surface area contributed by atoms with Gasteiger partial charge < -0.3 is 5.32 Å². The van der Waals surface area contributed by atoms with Crippen molar-refractivity contribution in [2.75, 3.05) is 11.5 Å². The molecule has 2 rings (SSSR count).